The Bertz CT molecular complexity index is 330. The topological polar surface area (TPSA) is 66.4 Å². The van der Waals surface area contributed by atoms with Gasteiger partial charge in [-0.1, -0.05) is 40.0 Å². The monoisotopic (exact) mass is 269 g/mol. The second-order valence-electron chi connectivity index (χ2n) is 7.06. The molecule has 0 aliphatic heterocycles. The van der Waals surface area contributed by atoms with E-state index in [1.165, 1.54) is 32.1 Å². The van der Waals surface area contributed by atoms with E-state index in [9.17, 15) is 9.59 Å². The van der Waals surface area contributed by atoms with Gasteiger partial charge in [0.15, 0.2) is 0 Å². The van der Waals surface area contributed by atoms with Gasteiger partial charge in [0.2, 0.25) is 5.91 Å². The van der Waals surface area contributed by atoms with Crippen LogP contribution in [0.2, 0.25) is 0 Å². The van der Waals surface area contributed by atoms with Crippen LogP contribution in [-0.2, 0) is 9.59 Å². The number of rotatable bonds is 6. The molecule has 0 radical (unpaired) electrons. The molecule has 0 unspecified atom stereocenters. The summed E-state index contributed by atoms with van der Waals surface area (Å²) < 4.78 is 0. The zero-order valence-electron chi connectivity index (χ0n) is 12.4. The second-order valence-corrected chi connectivity index (χ2v) is 7.06. The Morgan fingerprint density at radius 3 is 2.26 bits per heavy atom. The fourth-order valence-electron chi connectivity index (χ4n) is 2.86. The van der Waals surface area contributed by atoms with Crippen LogP contribution in [0.3, 0.4) is 0 Å². The van der Waals surface area contributed by atoms with Gasteiger partial charge >= 0.3 is 5.97 Å². The third-order valence-corrected chi connectivity index (χ3v) is 4.04. The van der Waals surface area contributed by atoms with Crippen molar-refractivity contribution in [3.63, 3.8) is 0 Å². The molecule has 110 valence electrons. The molecule has 1 fully saturated rings. The molecule has 1 saturated carbocycles. The van der Waals surface area contributed by atoms with Crippen molar-refractivity contribution in [3.05, 3.63) is 0 Å². The summed E-state index contributed by atoms with van der Waals surface area (Å²) in [5.41, 5.74) is -0.256. The van der Waals surface area contributed by atoms with Gasteiger partial charge in [0.1, 0.15) is 0 Å². The molecular weight excluding hydrogens is 242 g/mol. The summed E-state index contributed by atoms with van der Waals surface area (Å²) in [5, 5.41) is 11.8. The molecule has 0 spiro atoms. The third kappa shape index (κ3) is 6.08. The van der Waals surface area contributed by atoms with Gasteiger partial charge in [0.05, 0.1) is 6.42 Å². The van der Waals surface area contributed by atoms with Crippen molar-refractivity contribution in [2.24, 2.45) is 10.8 Å². The number of carboxylic acids is 1. The quantitative estimate of drug-likeness (QED) is 0.779. The van der Waals surface area contributed by atoms with Gasteiger partial charge in [-0.3, -0.25) is 9.59 Å². The normalized spacial score (nSPS) is 18.9. The average Bonchev–Trinajstić information content (AvgIpc) is 2.25. The highest BCUT2D eigenvalue weighted by Crippen LogP contribution is 2.35. The van der Waals surface area contributed by atoms with Crippen LogP contribution < -0.4 is 5.32 Å². The molecule has 0 aromatic heterocycles. The molecule has 0 atom stereocenters. The Hall–Kier alpha value is -1.06. The Kier molecular flexibility index (Phi) is 5.39. The highest BCUT2D eigenvalue weighted by molar-refractivity contribution is 5.77. The minimum atomic E-state index is -0.850. The molecule has 0 aromatic rings. The summed E-state index contributed by atoms with van der Waals surface area (Å²) in [6, 6.07) is 0. The minimum absolute atomic E-state index is 0.0255. The highest BCUT2D eigenvalue weighted by atomic mass is 16.4. The number of carbonyl (C=O) groups is 2. The van der Waals surface area contributed by atoms with E-state index in [0.29, 0.717) is 0 Å². The molecule has 19 heavy (non-hydrogen) atoms. The predicted molar refractivity (Wildman–Crippen MR) is 74.9 cm³/mol. The summed E-state index contributed by atoms with van der Waals surface area (Å²) in [5.74, 6) is -0.880. The van der Waals surface area contributed by atoms with E-state index >= 15 is 0 Å². The summed E-state index contributed by atoms with van der Waals surface area (Å²) >= 11 is 0. The lowest BCUT2D eigenvalue weighted by Gasteiger charge is -2.34. The molecule has 1 amide bonds. The molecule has 2 N–H and O–H groups in total. The molecular formula is C15H27NO3. The lowest BCUT2D eigenvalue weighted by atomic mass is 9.75. The van der Waals surface area contributed by atoms with Gasteiger partial charge in [-0.15, -0.1) is 0 Å². The van der Waals surface area contributed by atoms with E-state index in [-0.39, 0.29) is 24.2 Å². The first-order valence-electron chi connectivity index (χ1n) is 7.21. The van der Waals surface area contributed by atoms with Crippen molar-refractivity contribution in [3.8, 4) is 0 Å². The highest BCUT2D eigenvalue weighted by Gasteiger charge is 2.29. The van der Waals surface area contributed by atoms with E-state index < -0.39 is 11.4 Å². The third-order valence-electron chi connectivity index (χ3n) is 4.04. The first kappa shape index (κ1) is 16.0. The van der Waals surface area contributed by atoms with Gasteiger partial charge in [-0.25, -0.2) is 0 Å². The van der Waals surface area contributed by atoms with Crippen LogP contribution in [0, 0.1) is 10.8 Å². The van der Waals surface area contributed by atoms with Crippen LogP contribution in [0.15, 0.2) is 0 Å². The molecule has 0 aromatic carbocycles. The molecule has 1 aliphatic rings. The summed E-state index contributed by atoms with van der Waals surface area (Å²) in [7, 11) is 0. The molecule has 4 nitrogen and oxygen atoms in total. The lowest BCUT2D eigenvalue weighted by molar-refractivity contribution is -0.139. The van der Waals surface area contributed by atoms with Crippen molar-refractivity contribution in [2.75, 3.05) is 6.54 Å². The fourth-order valence-corrected chi connectivity index (χ4v) is 2.86. The van der Waals surface area contributed by atoms with Gasteiger partial charge in [-0.05, 0) is 23.7 Å². The van der Waals surface area contributed by atoms with E-state index in [0.717, 1.165) is 6.54 Å². The van der Waals surface area contributed by atoms with Gasteiger partial charge < -0.3 is 10.4 Å². The maximum atomic E-state index is 11.9. The van der Waals surface area contributed by atoms with Crippen molar-refractivity contribution in [2.45, 2.75) is 65.7 Å². The van der Waals surface area contributed by atoms with Crippen molar-refractivity contribution >= 4 is 11.9 Å². The van der Waals surface area contributed by atoms with Crippen LogP contribution in [0.1, 0.15) is 65.7 Å². The van der Waals surface area contributed by atoms with E-state index in [1.807, 2.05) is 13.8 Å². The molecule has 0 saturated heterocycles. The second kappa shape index (κ2) is 6.40. The summed E-state index contributed by atoms with van der Waals surface area (Å²) in [6.45, 7) is 6.59. The Labute approximate surface area is 116 Å². The largest absolute Gasteiger partial charge is 0.481 e. The molecule has 1 rings (SSSR count). The number of amides is 1. The Balaban J connectivity index is 2.36. The van der Waals surface area contributed by atoms with Crippen molar-refractivity contribution in [1.82, 2.24) is 5.32 Å². The maximum absolute atomic E-state index is 11.9. The first-order valence-corrected chi connectivity index (χ1v) is 7.21. The van der Waals surface area contributed by atoms with Crippen LogP contribution in [0.25, 0.3) is 0 Å². The van der Waals surface area contributed by atoms with E-state index in [4.69, 9.17) is 5.11 Å². The lowest BCUT2D eigenvalue weighted by Crippen LogP contribution is -2.38. The molecule has 0 heterocycles. The smallest absolute Gasteiger partial charge is 0.303 e. The standard InChI is InChI=1S/C15H27NO3/c1-14(2,10-13(18)19)9-12(17)16-11-15(3)7-5-4-6-8-15/h4-11H2,1-3H3,(H,16,17)(H,18,19). The summed E-state index contributed by atoms with van der Waals surface area (Å²) in [6.07, 6.45) is 6.44. The molecule has 1 aliphatic carbocycles. The zero-order valence-corrected chi connectivity index (χ0v) is 12.4. The molecule has 4 heteroatoms. The number of carboxylic acid groups (broad SMARTS) is 1. The van der Waals surface area contributed by atoms with Crippen LogP contribution in [0.4, 0.5) is 0 Å². The first-order chi connectivity index (χ1) is 8.72. The predicted octanol–water partition coefficient (Wildman–Crippen LogP) is 2.96. The van der Waals surface area contributed by atoms with Gasteiger partial charge in [-0.2, -0.15) is 0 Å². The van der Waals surface area contributed by atoms with Gasteiger partial charge in [0, 0.05) is 13.0 Å². The number of hydrogen-bond acceptors (Lipinski definition) is 2. The molecule has 0 bridgehead atoms. The van der Waals surface area contributed by atoms with E-state index in [2.05, 4.69) is 12.2 Å². The SMILES string of the molecule is CC(C)(CC(=O)O)CC(=O)NCC1(C)CCCCC1. The Morgan fingerprint density at radius 2 is 1.74 bits per heavy atom. The fraction of sp³-hybridized carbons (Fsp3) is 0.867. The maximum Gasteiger partial charge on any atom is 0.303 e. The van der Waals surface area contributed by atoms with Crippen molar-refractivity contribution in [1.29, 1.82) is 0 Å². The number of nitrogens with one attached hydrogen (secondary N) is 1. The van der Waals surface area contributed by atoms with Gasteiger partial charge in [0.25, 0.3) is 0 Å². The van der Waals surface area contributed by atoms with Crippen LogP contribution in [0.5, 0.6) is 0 Å². The average molecular weight is 269 g/mol. The number of hydrogen-bond donors (Lipinski definition) is 2. The number of aliphatic carboxylic acids is 1. The van der Waals surface area contributed by atoms with E-state index in [1.54, 1.807) is 0 Å². The van der Waals surface area contributed by atoms with Crippen LogP contribution >= 0.6 is 0 Å². The summed E-state index contributed by atoms with van der Waals surface area (Å²) in [4.78, 5) is 22.6. The number of carbonyl (C=O) groups excluding carboxylic acids is 1. The van der Waals surface area contributed by atoms with Crippen molar-refractivity contribution < 1.29 is 14.7 Å². The minimum Gasteiger partial charge on any atom is -0.481 e. The van der Waals surface area contributed by atoms with Crippen LogP contribution in [-0.4, -0.2) is 23.5 Å². The zero-order chi connectivity index (χ0) is 14.5. The Morgan fingerprint density at radius 1 is 1.16 bits per heavy atom.